The van der Waals surface area contributed by atoms with Crippen LogP contribution >= 0.6 is 43.2 Å². The summed E-state index contributed by atoms with van der Waals surface area (Å²) in [6, 6.07) is 6.31. The molecule has 1 aromatic heterocycles. The topological polar surface area (TPSA) is 24.9 Å². The number of thiazole rings is 1. The molecule has 0 aliphatic carbocycles. The zero-order valence-electron chi connectivity index (χ0n) is 10.0. The number of halogens is 2. The Kier molecular flexibility index (Phi) is 5.36. The minimum Gasteiger partial charge on any atom is -0.312 e. The van der Waals surface area contributed by atoms with Crippen LogP contribution in [0.15, 0.2) is 32.5 Å². The maximum absolute atomic E-state index is 4.45. The quantitative estimate of drug-likeness (QED) is 0.770. The molecule has 1 aromatic carbocycles. The van der Waals surface area contributed by atoms with Gasteiger partial charge in [-0.2, -0.15) is 0 Å². The summed E-state index contributed by atoms with van der Waals surface area (Å²) in [5.41, 5.74) is 2.46. The second kappa shape index (κ2) is 6.80. The molecule has 96 valence electrons. The van der Waals surface area contributed by atoms with Gasteiger partial charge in [0.25, 0.3) is 0 Å². The van der Waals surface area contributed by atoms with Crippen molar-refractivity contribution in [1.29, 1.82) is 0 Å². The third-order valence-electron chi connectivity index (χ3n) is 2.54. The zero-order chi connectivity index (χ0) is 13.0. The van der Waals surface area contributed by atoms with Crippen molar-refractivity contribution < 1.29 is 0 Å². The number of aryl methyl sites for hydroxylation is 1. The number of aromatic nitrogens is 1. The van der Waals surface area contributed by atoms with Gasteiger partial charge < -0.3 is 5.32 Å². The molecule has 0 bridgehead atoms. The molecule has 0 unspecified atom stereocenters. The van der Waals surface area contributed by atoms with E-state index >= 15 is 0 Å². The summed E-state index contributed by atoms with van der Waals surface area (Å²) in [7, 11) is 0. The van der Waals surface area contributed by atoms with Crippen LogP contribution in [0.1, 0.15) is 16.3 Å². The molecular weight excluding hydrogens is 376 g/mol. The van der Waals surface area contributed by atoms with E-state index in [4.69, 9.17) is 0 Å². The van der Waals surface area contributed by atoms with Gasteiger partial charge in [-0.15, -0.1) is 11.3 Å². The highest BCUT2D eigenvalue weighted by molar-refractivity contribution is 9.13. The molecule has 18 heavy (non-hydrogen) atoms. The third kappa shape index (κ3) is 4.16. The van der Waals surface area contributed by atoms with E-state index in [1.807, 2.05) is 6.92 Å². The fourth-order valence-corrected chi connectivity index (χ4v) is 2.94. The van der Waals surface area contributed by atoms with Gasteiger partial charge in [0.1, 0.15) is 0 Å². The molecule has 0 aliphatic rings. The van der Waals surface area contributed by atoms with Crippen LogP contribution in [0, 0.1) is 6.92 Å². The molecule has 1 N–H and O–H groups in total. The van der Waals surface area contributed by atoms with E-state index in [0.717, 1.165) is 33.5 Å². The highest BCUT2D eigenvalue weighted by atomic mass is 79.9. The molecule has 2 aromatic rings. The Morgan fingerprint density at radius 2 is 2.11 bits per heavy atom. The van der Waals surface area contributed by atoms with Crippen LogP contribution in [0.4, 0.5) is 0 Å². The number of nitrogens with zero attached hydrogens (tertiary/aromatic N) is 1. The van der Waals surface area contributed by atoms with Crippen LogP contribution in [0.3, 0.4) is 0 Å². The first-order chi connectivity index (χ1) is 8.65. The molecule has 2 nitrogen and oxygen atoms in total. The van der Waals surface area contributed by atoms with Crippen LogP contribution in [-0.2, 0) is 13.0 Å². The summed E-state index contributed by atoms with van der Waals surface area (Å²) >= 11 is 8.69. The maximum atomic E-state index is 4.45. The predicted octanol–water partition coefficient (Wildman–Crippen LogP) is 4.31. The van der Waals surface area contributed by atoms with Crippen molar-refractivity contribution in [3.63, 3.8) is 0 Å². The van der Waals surface area contributed by atoms with Crippen LogP contribution in [0.2, 0.25) is 0 Å². The molecular formula is C13H14Br2N2S. The molecule has 0 spiro atoms. The molecule has 0 radical (unpaired) electrons. The number of hydrogen-bond acceptors (Lipinski definition) is 3. The summed E-state index contributed by atoms with van der Waals surface area (Å²) in [6.45, 7) is 3.88. The van der Waals surface area contributed by atoms with Crippen molar-refractivity contribution >= 4 is 43.2 Å². The fraction of sp³-hybridized carbons (Fsp3) is 0.308. The average Bonchev–Trinajstić information content (AvgIpc) is 2.75. The lowest BCUT2D eigenvalue weighted by Gasteiger charge is -2.05. The molecule has 0 saturated carbocycles. The van der Waals surface area contributed by atoms with Gasteiger partial charge in [0.2, 0.25) is 0 Å². The van der Waals surface area contributed by atoms with Crippen molar-refractivity contribution in [2.45, 2.75) is 19.9 Å². The largest absolute Gasteiger partial charge is 0.312 e. The van der Waals surface area contributed by atoms with Crippen LogP contribution < -0.4 is 5.32 Å². The average molecular weight is 390 g/mol. The molecule has 0 saturated heterocycles. The summed E-state index contributed by atoms with van der Waals surface area (Å²) in [5.74, 6) is 0. The predicted molar refractivity (Wildman–Crippen MR) is 84.1 cm³/mol. The van der Waals surface area contributed by atoms with Gasteiger partial charge in [0, 0.05) is 33.8 Å². The van der Waals surface area contributed by atoms with E-state index in [-0.39, 0.29) is 0 Å². The van der Waals surface area contributed by atoms with Gasteiger partial charge in [-0.1, -0.05) is 6.07 Å². The Hall–Kier alpha value is -0.230. The lowest BCUT2D eigenvalue weighted by molar-refractivity contribution is 0.681. The molecule has 5 heteroatoms. The van der Waals surface area contributed by atoms with Crippen molar-refractivity contribution in [3.05, 3.63) is 48.8 Å². The van der Waals surface area contributed by atoms with Gasteiger partial charge in [0.05, 0.1) is 10.7 Å². The zero-order valence-corrected chi connectivity index (χ0v) is 14.0. The number of benzene rings is 1. The standard InChI is InChI=1S/C13H14Br2N2S/c1-9-17-11(8-18-9)4-5-16-7-10-2-3-12(14)13(15)6-10/h2-3,6,8,16H,4-5,7H2,1H3. The van der Waals surface area contributed by atoms with Gasteiger partial charge in [0.15, 0.2) is 0 Å². The van der Waals surface area contributed by atoms with E-state index in [9.17, 15) is 0 Å². The molecule has 2 rings (SSSR count). The first kappa shape index (κ1) is 14.2. The normalized spacial score (nSPS) is 10.8. The Morgan fingerprint density at radius 3 is 2.78 bits per heavy atom. The lowest BCUT2D eigenvalue weighted by Crippen LogP contribution is -2.16. The third-order valence-corrected chi connectivity index (χ3v) is 5.24. The first-order valence-corrected chi connectivity index (χ1v) is 8.17. The molecule has 0 aliphatic heterocycles. The van der Waals surface area contributed by atoms with Gasteiger partial charge >= 0.3 is 0 Å². The molecule has 1 heterocycles. The van der Waals surface area contributed by atoms with Crippen LogP contribution in [-0.4, -0.2) is 11.5 Å². The minimum absolute atomic E-state index is 0.884. The van der Waals surface area contributed by atoms with Crippen molar-refractivity contribution in [3.8, 4) is 0 Å². The van der Waals surface area contributed by atoms with E-state index in [2.05, 4.69) is 65.7 Å². The second-order valence-corrected chi connectivity index (χ2v) is 6.80. The highest BCUT2D eigenvalue weighted by Gasteiger charge is 2.00. The van der Waals surface area contributed by atoms with Gasteiger partial charge in [-0.3, -0.25) is 0 Å². The Bertz CT molecular complexity index is 525. The summed E-state index contributed by atoms with van der Waals surface area (Å²) < 4.78 is 2.18. The Morgan fingerprint density at radius 1 is 1.28 bits per heavy atom. The summed E-state index contributed by atoms with van der Waals surface area (Å²) in [4.78, 5) is 4.45. The van der Waals surface area contributed by atoms with Crippen molar-refractivity contribution in [1.82, 2.24) is 10.3 Å². The SMILES string of the molecule is Cc1nc(CCNCc2ccc(Br)c(Br)c2)cs1. The van der Waals surface area contributed by atoms with Gasteiger partial charge in [-0.25, -0.2) is 4.98 Å². The van der Waals surface area contributed by atoms with Crippen LogP contribution in [0.5, 0.6) is 0 Å². The van der Waals surface area contributed by atoms with E-state index < -0.39 is 0 Å². The maximum Gasteiger partial charge on any atom is 0.0897 e. The smallest absolute Gasteiger partial charge is 0.0897 e. The van der Waals surface area contributed by atoms with E-state index in [1.165, 1.54) is 11.3 Å². The van der Waals surface area contributed by atoms with Crippen molar-refractivity contribution in [2.24, 2.45) is 0 Å². The lowest BCUT2D eigenvalue weighted by atomic mass is 10.2. The summed E-state index contributed by atoms with van der Waals surface area (Å²) in [6.07, 6.45) is 0.988. The summed E-state index contributed by atoms with van der Waals surface area (Å²) in [5, 5.41) is 6.71. The molecule has 0 atom stereocenters. The number of rotatable bonds is 5. The van der Waals surface area contributed by atoms with Gasteiger partial charge in [-0.05, 0) is 56.5 Å². The number of nitrogens with one attached hydrogen (secondary N) is 1. The number of hydrogen-bond donors (Lipinski definition) is 1. The van der Waals surface area contributed by atoms with Crippen LogP contribution in [0.25, 0.3) is 0 Å². The van der Waals surface area contributed by atoms with Crippen molar-refractivity contribution in [2.75, 3.05) is 6.54 Å². The van der Waals surface area contributed by atoms with E-state index in [1.54, 1.807) is 11.3 Å². The molecule has 0 amide bonds. The monoisotopic (exact) mass is 388 g/mol. The van der Waals surface area contributed by atoms with E-state index in [0.29, 0.717) is 0 Å². The fourth-order valence-electron chi connectivity index (χ4n) is 1.62. The second-order valence-electron chi connectivity index (χ2n) is 4.03. The highest BCUT2D eigenvalue weighted by Crippen LogP contribution is 2.23. The first-order valence-electron chi connectivity index (χ1n) is 5.71. The Labute approximate surface area is 128 Å². The Balaban J connectivity index is 1.76. The molecule has 0 fully saturated rings. The minimum atomic E-state index is 0.884.